The summed E-state index contributed by atoms with van der Waals surface area (Å²) < 4.78 is 5.42. The topological polar surface area (TPSA) is 57.2 Å². The number of rotatable bonds is 6. The quantitative estimate of drug-likeness (QED) is 0.629. The first kappa shape index (κ1) is 20.3. The molecule has 0 aliphatic rings. The maximum Gasteiger partial charge on any atom is 0.253 e. The van der Waals surface area contributed by atoms with Gasteiger partial charge in [0.05, 0.1) is 7.11 Å². The first-order valence-corrected chi connectivity index (χ1v) is 8.80. The molecule has 0 atom stereocenters. The molecular formula is C21H28N4O2. The molecule has 27 heavy (non-hydrogen) atoms. The Hall–Kier alpha value is -3.02. The molecule has 6 nitrogen and oxygen atoms in total. The molecule has 0 aromatic heterocycles. The fourth-order valence-corrected chi connectivity index (χ4v) is 2.75. The van der Waals surface area contributed by atoms with E-state index in [2.05, 4.69) is 10.3 Å². The third-order valence-corrected chi connectivity index (χ3v) is 4.23. The summed E-state index contributed by atoms with van der Waals surface area (Å²) >= 11 is 0. The third kappa shape index (κ3) is 5.48. The number of carbonyl (C=O) groups excluding carboxylic acids is 1. The predicted octanol–water partition coefficient (Wildman–Crippen LogP) is 2.60. The highest BCUT2D eigenvalue weighted by molar-refractivity contribution is 5.93. The van der Waals surface area contributed by atoms with Crippen LogP contribution in [0.4, 0.5) is 0 Å². The number of para-hydroxylation sites is 1. The Kier molecular flexibility index (Phi) is 7.23. The molecular weight excluding hydrogens is 340 g/mol. The van der Waals surface area contributed by atoms with Crippen LogP contribution < -0.4 is 10.1 Å². The summed E-state index contributed by atoms with van der Waals surface area (Å²) in [7, 11) is 8.93. The van der Waals surface area contributed by atoms with E-state index in [1.807, 2.05) is 60.5 Å². The molecule has 0 saturated carbocycles. The molecule has 0 saturated heterocycles. The summed E-state index contributed by atoms with van der Waals surface area (Å²) in [4.78, 5) is 19.9. The number of hydrogen-bond acceptors (Lipinski definition) is 3. The molecule has 0 unspecified atom stereocenters. The van der Waals surface area contributed by atoms with Crippen molar-refractivity contribution in [2.24, 2.45) is 4.99 Å². The maximum atomic E-state index is 12.0. The van der Waals surface area contributed by atoms with Gasteiger partial charge < -0.3 is 19.9 Å². The molecule has 6 heteroatoms. The van der Waals surface area contributed by atoms with Crippen molar-refractivity contribution >= 4 is 11.9 Å². The summed E-state index contributed by atoms with van der Waals surface area (Å²) in [6.45, 7) is 1.30. The van der Waals surface area contributed by atoms with Crippen molar-refractivity contribution in [1.29, 1.82) is 0 Å². The molecule has 144 valence electrons. The SMILES string of the molecule is CN=C(NCc1ccc(C(=O)N(C)C)cc1)N(C)Cc1ccccc1OC. The lowest BCUT2D eigenvalue weighted by atomic mass is 10.1. The molecule has 0 fully saturated rings. The molecule has 0 aliphatic carbocycles. The fourth-order valence-electron chi connectivity index (χ4n) is 2.75. The first-order chi connectivity index (χ1) is 13.0. The van der Waals surface area contributed by atoms with Gasteiger partial charge in [0, 0.05) is 52.4 Å². The van der Waals surface area contributed by atoms with Crippen molar-refractivity contribution < 1.29 is 9.53 Å². The highest BCUT2D eigenvalue weighted by Crippen LogP contribution is 2.18. The van der Waals surface area contributed by atoms with Crippen molar-refractivity contribution in [1.82, 2.24) is 15.1 Å². The number of hydrogen-bond donors (Lipinski definition) is 1. The van der Waals surface area contributed by atoms with Crippen LogP contribution in [0.15, 0.2) is 53.5 Å². The fraction of sp³-hybridized carbons (Fsp3) is 0.333. The first-order valence-electron chi connectivity index (χ1n) is 8.80. The Labute approximate surface area is 161 Å². The van der Waals surface area contributed by atoms with Crippen LogP contribution in [-0.4, -0.2) is 57.0 Å². The van der Waals surface area contributed by atoms with E-state index in [1.54, 1.807) is 33.2 Å². The van der Waals surface area contributed by atoms with E-state index in [4.69, 9.17) is 4.74 Å². The van der Waals surface area contributed by atoms with Gasteiger partial charge in [0.2, 0.25) is 0 Å². The number of guanidine groups is 1. The second kappa shape index (κ2) is 9.62. The lowest BCUT2D eigenvalue weighted by Gasteiger charge is -2.23. The van der Waals surface area contributed by atoms with Gasteiger partial charge in [-0.3, -0.25) is 9.79 Å². The number of carbonyl (C=O) groups is 1. The molecule has 2 aromatic carbocycles. The van der Waals surface area contributed by atoms with E-state index in [1.165, 1.54) is 0 Å². The smallest absolute Gasteiger partial charge is 0.253 e. The van der Waals surface area contributed by atoms with Crippen molar-refractivity contribution in [3.8, 4) is 5.75 Å². The van der Waals surface area contributed by atoms with E-state index in [-0.39, 0.29) is 5.91 Å². The lowest BCUT2D eigenvalue weighted by molar-refractivity contribution is 0.0827. The van der Waals surface area contributed by atoms with Crippen LogP contribution >= 0.6 is 0 Å². The summed E-state index contributed by atoms with van der Waals surface area (Å²) in [5.41, 5.74) is 2.86. The number of methoxy groups -OCH3 is 1. The minimum atomic E-state index is 0.00172. The second-order valence-corrected chi connectivity index (χ2v) is 6.47. The normalized spacial score (nSPS) is 11.1. The maximum absolute atomic E-state index is 12.0. The average molecular weight is 368 g/mol. The standard InChI is InChI=1S/C21H28N4O2/c1-22-21(25(4)15-18-8-6-7-9-19(18)27-5)23-14-16-10-12-17(13-11-16)20(26)24(2)3/h6-13H,14-15H2,1-5H3,(H,22,23). The summed E-state index contributed by atoms with van der Waals surface area (Å²) in [6.07, 6.45) is 0. The van der Waals surface area contributed by atoms with Gasteiger partial charge in [0.1, 0.15) is 5.75 Å². The number of aliphatic imine (C=N–C) groups is 1. The monoisotopic (exact) mass is 368 g/mol. The molecule has 0 heterocycles. The highest BCUT2D eigenvalue weighted by Gasteiger charge is 2.11. The minimum absolute atomic E-state index is 0.00172. The van der Waals surface area contributed by atoms with Gasteiger partial charge in [-0.15, -0.1) is 0 Å². The van der Waals surface area contributed by atoms with Gasteiger partial charge in [-0.05, 0) is 23.8 Å². The molecule has 2 aromatic rings. The summed E-state index contributed by atoms with van der Waals surface area (Å²) in [5.74, 6) is 1.65. The van der Waals surface area contributed by atoms with Gasteiger partial charge in [0.15, 0.2) is 5.96 Å². The van der Waals surface area contributed by atoms with Gasteiger partial charge in [-0.2, -0.15) is 0 Å². The molecule has 1 amide bonds. The predicted molar refractivity (Wildman–Crippen MR) is 109 cm³/mol. The van der Waals surface area contributed by atoms with Crippen molar-refractivity contribution in [2.45, 2.75) is 13.1 Å². The number of ether oxygens (including phenoxy) is 1. The molecule has 0 spiro atoms. The van der Waals surface area contributed by atoms with Crippen LogP contribution in [0.3, 0.4) is 0 Å². The Morgan fingerprint density at radius 1 is 1.07 bits per heavy atom. The Morgan fingerprint density at radius 2 is 1.74 bits per heavy atom. The van der Waals surface area contributed by atoms with Crippen LogP contribution in [-0.2, 0) is 13.1 Å². The van der Waals surface area contributed by atoms with Gasteiger partial charge in [0.25, 0.3) is 5.91 Å². The van der Waals surface area contributed by atoms with Gasteiger partial charge >= 0.3 is 0 Å². The van der Waals surface area contributed by atoms with E-state index < -0.39 is 0 Å². The zero-order chi connectivity index (χ0) is 19.8. The van der Waals surface area contributed by atoms with E-state index >= 15 is 0 Å². The van der Waals surface area contributed by atoms with E-state index in [0.29, 0.717) is 18.7 Å². The molecule has 0 aliphatic heterocycles. The largest absolute Gasteiger partial charge is 0.496 e. The average Bonchev–Trinajstić information content (AvgIpc) is 2.68. The Balaban J connectivity index is 1.97. The zero-order valence-electron chi connectivity index (χ0n) is 16.7. The van der Waals surface area contributed by atoms with Gasteiger partial charge in [-0.1, -0.05) is 30.3 Å². The molecule has 0 bridgehead atoms. The Morgan fingerprint density at radius 3 is 2.33 bits per heavy atom. The summed E-state index contributed by atoms with van der Waals surface area (Å²) in [6, 6.07) is 15.6. The van der Waals surface area contributed by atoms with Crippen molar-refractivity contribution in [3.63, 3.8) is 0 Å². The molecule has 1 N–H and O–H groups in total. The van der Waals surface area contributed by atoms with E-state index in [0.717, 1.165) is 22.8 Å². The number of nitrogens with one attached hydrogen (secondary N) is 1. The molecule has 2 rings (SSSR count). The van der Waals surface area contributed by atoms with Crippen molar-refractivity contribution in [3.05, 3.63) is 65.2 Å². The van der Waals surface area contributed by atoms with Crippen LogP contribution in [0.2, 0.25) is 0 Å². The number of nitrogens with zero attached hydrogens (tertiary/aromatic N) is 3. The number of amides is 1. The second-order valence-electron chi connectivity index (χ2n) is 6.47. The Bertz CT molecular complexity index is 785. The van der Waals surface area contributed by atoms with Crippen LogP contribution in [0.5, 0.6) is 5.75 Å². The van der Waals surface area contributed by atoms with Gasteiger partial charge in [-0.25, -0.2) is 0 Å². The zero-order valence-corrected chi connectivity index (χ0v) is 16.7. The van der Waals surface area contributed by atoms with Crippen LogP contribution in [0.25, 0.3) is 0 Å². The van der Waals surface area contributed by atoms with E-state index in [9.17, 15) is 4.79 Å². The molecule has 0 radical (unpaired) electrons. The minimum Gasteiger partial charge on any atom is -0.496 e. The lowest BCUT2D eigenvalue weighted by Crippen LogP contribution is -2.38. The van der Waals surface area contributed by atoms with Crippen LogP contribution in [0.1, 0.15) is 21.5 Å². The highest BCUT2D eigenvalue weighted by atomic mass is 16.5. The number of benzene rings is 2. The van der Waals surface area contributed by atoms with Crippen LogP contribution in [0, 0.1) is 0 Å². The third-order valence-electron chi connectivity index (χ3n) is 4.23. The summed E-state index contributed by atoms with van der Waals surface area (Å²) in [5, 5.41) is 3.35. The van der Waals surface area contributed by atoms with Crippen molar-refractivity contribution in [2.75, 3.05) is 35.3 Å².